The van der Waals surface area contributed by atoms with Crippen LogP contribution in [0, 0.1) is 22.5 Å². The van der Waals surface area contributed by atoms with Crippen molar-refractivity contribution in [3.05, 3.63) is 33.9 Å². The van der Waals surface area contributed by atoms with Gasteiger partial charge in [-0.15, -0.1) is 0 Å². The Morgan fingerprint density at radius 3 is 2.71 bits per heavy atom. The highest BCUT2D eigenvalue weighted by atomic mass is 16.6. The molecule has 1 fully saturated rings. The van der Waals surface area contributed by atoms with E-state index in [4.69, 9.17) is 10.5 Å². The highest BCUT2D eigenvalue weighted by Gasteiger charge is 2.38. The summed E-state index contributed by atoms with van der Waals surface area (Å²) in [4.78, 5) is 22.9. The molecule has 114 valence electrons. The molecule has 0 saturated carbocycles. The van der Waals surface area contributed by atoms with Gasteiger partial charge >= 0.3 is 0 Å². The zero-order chi connectivity index (χ0) is 15.5. The first kappa shape index (κ1) is 15.4. The van der Waals surface area contributed by atoms with E-state index in [1.807, 2.05) is 0 Å². The van der Waals surface area contributed by atoms with Crippen LogP contribution in [0.4, 0.5) is 11.4 Å². The van der Waals surface area contributed by atoms with Gasteiger partial charge in [-0.05, 0) is 25.8 Å². The maximum atomic E-state index is 12.5. The topological polar surface area (TPSA) is 107 Å². The van der Waals surface area contributed by atoms with Gasteiger partial charge in [0.25, 0.3) is 5.69 Å². The van der Waals surface area contributed by atoms with E-state index in [-0.39, 0.29) is 18.1 Å². The number of hydrogen-bond donors (Lipinski definition) is 2. The maximum absolute atomic E-state index is 12.5. The molecule has 21 heavy (non-hydrogen) atoms. The Labute approximate surface area is 122 Å². The van der Waals surface area contributed by atoms with Gasteiger partial charge in [0.15, 0.2) is 0 Å². The fourth-order valence-electron chi connectivity index (χ4n) is 2.43. The van der Waals surface area contributed by atoms with Crippen molar-refractivity contribution in [3.63, 3.8) is 0 Å². The number of nitro benzene ring substituents is 1. The number of nitrogens with two attached hydrogens (primary N) is 1. The van der Waals surface area contributed by atoms with Gasteiger partial charge in [-0.1, -0.05) is 6.07 Å². The summed E-state index contributed by atoms with van der Waals surface area (Å²) in [5.41, 5.74) is 6.07. The van der Waals surface area contributed by atoms with Crippen LogP contribution in [0.1, 0.15) is 18.4 Å². The molecule has 0 unspecified atom stereocenters. The summed E-state index contributed by atoms with van der Waals surface area (Å²) < 4.78 is 5.27. The Kier molecular flexibility index (Phi) is 4.54. The number of anilines is 1. The van der Waals surface area contributed by atoms with E-state index in [0.29, 0.717) is 37.3 Å². The van der Waals surface area contributed by atoms with Crippen molar-refractivity contribution in [2.45, 2.75) is 19.8 Å². The van der Waals surface area contributed by atoms with Crippen molar-refractivity contribution in [3.8, 4) is 0 Å². The SMILES string of the molecule is Cc1ccc(NC(=O)C2(CN)CCOCC2)cc1[N+](=O)[O-]. The van der Waals surface area contributed by atoms with Crippen molar-refractivity contribution in [1.29, 1.82) is 0 Å². The molecule has 1 amide bonds. The molecule has 0 aliphatic carbocycles. The fourth-order valence-corrected chi connectivity index (χ4v) is 2.43. The number of rotatable bonds is 4. The number of amides is 1. The number of nitro groups is 1. The number of nitrogens with zero attached hydrogens (tertiary/aromatic N) is 1. The molecule has 3 N–H and O–H groups in total. The summed E-state index contributed by atoms with van der Waals surface area (Å²) in [6.07, 6.45) is 1.12. The van der Waals surface area contributed by atoms with Crippen LogP contribution in [0.3, 0.4) is 0 Å². The molecule has 0 bridgehead atoms. The second kappa shape index (κ2) is 6.19. The summed E-state index contributed by atoms with van der Waals surface area (Å²) in [6.45, 7) is 2.89. The smallest absolute Gasteiger partial charge is 0.274 e. The normalized spacial score (nSPS) is 17.2. The minimum atomic E-state index is -0.655. The zero-order valence-electron chi connectivity index (χ0n) is 11.9. The van der Waals surface area contributed by atoms with Gasteiger partial charge in [-0.25, -0.2) is 0 Å². The molecule has 0 atom stereocenters. The van der Waals surface area contributed by atoms with E-state index in [0.717, 1.165) is 0 Å². The third kappa shape index (κ3) is 3.20. The minimum Gasteiger partial charge on any atom is -0.381 e. The molecule has 1 saturated heterocycles. The number of hydrogen-bond acceptors (Lipinski definition) is 5. The van der Waals surface area contributed by atoms with Crippen LogP contribution < -0.4 is 11.1 Å². The lowest BCUT2D eigenvalue weighted by Crippen LogP contribution is -2.46. The Hall–Kier alpha value is -1.99. The van der Waals surface area contributed by atoms with E-state index in [1.165, 1.54) is 6.07 Å². The Morgan fingerprint density at radius 1 is 1.48 bits per heavy atom. The van der Waals surface area contributed by atoms with Crippen molar-refractivity contribution in [1.82, 2.24) is 0 Å². The van der Waals surface area contributed by atoms with Crippen LogP contribution in [-0.2, 0) is 9.53 Å². The van der Waals surface area contributed by atoms with E-state index in [9.17, 15) is 14.9 Å². The molecule has 1 aromatic rings. The highest BCUT2D eigenvalue weighted by molar-refractivity contribution is 5.96. The molecule has 0 spiro atoms. The minimum absolute atomic E-state index is 0.0124. The van der Waals surface area contributed by atoms with Crippen LogP contribution >= 0.6 is 0 Å². The molecule has 0 aromatic heterocycles. The van der Waals surface area contributed by atoms with E-state index in [1.54, 1.807) is 19.1 Å². The third-order valence-electron chi connectivity index (χ3n) is 3.99. The summed E-state index contributed by atoms with van der Waals surface area (Å²) in [5, 5.41) is 13.7. The molecule has 1 aliphatic heterocycles. The molecule has 1 heterocycles. The van der Waals surface area contributed by atoms with Gasteiger partial charge in [-0.3, -0.25) is 14.9 Å². The number of benzene rings is 1. The molecular formula is C14H19N3O4. The number of nitrogens with one attached hydrogen (secondary N) is 1. The van der Waals surface area contributed by atoms with Crippen LogP contribution in [0.2, 0.25) is 0 Å². The highest BCUT2D eigenvalue weighted by Crippen LogP contribution is 2.31. The third-order valence-corrected chi connectivity index (χ3v) is 3.99. The molecule has 2 rings (SSSR count). The fraction of sp³-hybridized carbons (Fsp3) is 0.500. The number of carbonyl (C=O) groups is 1. The Bertz CT molecular complexity index is 553. The summed E-state index contributed by atoms with van der Waals surface area (Å²) >= 11 is 0. The quantitative estimate of drug-likeness (QED) is 0.647. The average Bonchev–Trinajstić information content (AvgIpc) is 2.49. The lowest BCUT2D eigenvalue weighted by Gasteiger charge is -2.34. The van der Waals surface area contributed by atoms with E-state index in [2.05, 4.69) is 5.32 Å². The monoisotopic (exact) mass is 293 g/mol. The van der Waals surface area contributed by atoms with Crippen LogP contribution in [0.5, 0.6) is 0 Å². The van der Waals surface area contributed by atoms with Gasteiger partial charge in [0.2, 0.25) is 5.91 Å². The Morgan fingerprint density at radius 2 is 2.14 bits per heavy atom. The summed E-state index contributed by atoms with van der Waals surface area (Å²) in [6, 6.07) is 4.65. The first-order valence-electron chi connectivity index (χ1n) is 6.83. The largest absolute Gasteiger partial charge is 0.381 e. The van der Waals surface area contributed by atoms with Crippen LogP contribution in [0.15, 0.2) is 18.2 Å². The van der Waals surface area contributed by atoms with E-state index < -0.39 is 10.3 Å². The number of ether oxygens (including phenoxy) is 1. The van der Waals surface area contributed by atoms with Gasteiger partial charge in [0, 0.05) is 37.1 Å². The van der Waals surface area contributed by atoms with Crippen LogP contribution in [-0.4, -0.2) is 30.6 Å². The van der Waals surface area contributed by atoms with Crippen molar-refractivity contribution < 1.29 is 14.5 Å². The standard InChI is InChI=1S/C14H19N3O4/c1-10-2-3-11(8-12(10)17(19)20)16-13(18)14(9-15)4-6-21-7-5-14/h2-3,8H,4-7,9,15H2,1H3,(H,16,18). The second-order valence-electron chi connectivity index (χ2n) is 5.31. The zero-order valence-corrected chi connectivity index (χ0v) is 11.9. The molecule has 0 radical (unpaired) electrons. The average molecular weight is 293 g/mol. The van der Waals surface area contributed by atoms with Crippen molar-refractivity contribution >= 4 is 17.3 Å². The number of carbonyl (C=O) groups excluding carboxylic acids is 1. The van der Waals surface area contributed by atoms with Crippen molar-refractivity contribution in [2.75, 3.05) is 25.1 Å². The van der Waals surface area contributed by atoms with Crippen molar-refractivity contribution in [2.24, 2.45) is 11.1 Å². The molecule has 1 aliphatic rings. The number of aryl methyl sites for hydroxylation is 1. The predicted molar refractivity (Wildman–Crippen MR) is 78.0 cm³/mol. The lowest BCUT2D eigenvalue weighted by atomic mass is 9.79. The first-order valence-corrected chi connectivity index (χ1v) is 6.83. The molecule has 7 heteroatoms. The van der Waals surface area contributed by atoms with Gasteiger partial charge < -0.3 is 15.8 Å². The molecule has 1 aromatic carbocycles. The summed E-state index contributed by atoms with van der Waals surface area (Å²) in [5.74, 6) is -0.202. The molecule has 7 nitrogen and oxygen atoms in total. The summed E-state index contributed by atoms with van der Waals surface area (Å²) in [7, 11) is 0. The van der Waals surface area contributed by atoms with E-state index >= 15 is 0 Å². The Balaban J connectivity index is 2.19. The predicted octanol–water partition coefficient (Wildman–Crippen LogP) is 1.60. The van der Waals surface area contributed by atoms with Gasteiger partial charge in [-0.2, -0.15) is 0 Å². The van der Waals surface area contributed by atoms with Crippen LogP contribution in [0.25, 0.3) is 0 Å². The lowest BCUT2D eigenvalue weighted by molar-refractivity contribution is -0.385. The second-order valence-corrected chi connectivity index (χ2v) is 5.31. The van der Waals surface area contributed by atoms with Gasteiger partial charge in [0.05, 0.1) is 10.3 Å². The van der Waals surface area contributed by atoms with Gasteiger partial charge in [0.1, 0.15) is 0 Å². The first-order chi connectivity index (χ1) is 9.98. The molecular weight excluding hydrogens is 274 g/mol. The maximum Gasteiger partial charge on any atom is 0.274 e.